The monoisotopic (exact) mass is 238 g/mol. The number of rotatable bonds is 7. The second-order valence-corrected chi connectivity index (χ2v) is 4.49. The van der Waals surface area contributed by atoms with Crippen molar-refractivity contribution in [2.45, 2.75) is 39.4 Å². The summed E-state index contributed by atoms with van der Waals surface area (Å²) in [6.45, 7) is 6.81. The average Bonchev–Trinajstić information content (AvgIpc) is 2.26. The lowest BCUT2D eigenvalue weighted by Gasteiger charge is -2.14. The van der Waals surface area contributed by atoms with Gasteiger partial charge < -0.3 is 14.6 Å². The molecular formula is C14H22O3. The Morgan fingerprint density at radius 1 is 1.29 bits per heavy atom. The molecule has 0 aliphatic carbocycles. The molecule has 1 aromatic carbocycles. The van der Waals surface area contributed by atoms with Crippen LogP contribution < -0.4 is 4.74 Å². The topological polar surface area (TPSA) is 38.7 Å². The van der Waals surface area contributed by atoms with Crippen LogP contribution in [0.5, 0.6) is 5.75 Å². The van der Waals surface area contributed by atoms with Crippen LogP contribution in [0.15, 0.2) is 24.3 Å². The number of aliphatic hydroxyl groups excluding tert-OH is 1. The Hall–Kier alpha value is -1.06. The Labute approximate surface area is 103 Å². The molecular weight excluding hydrogens is 216 g/mol. The number of aryl methyl sites for hydroxylation is 1. The molecule has 0 spiro atoms. The second kappa shape index (κ2) is 7.30. The first kappa shape index (κ1) is 14.0. The minimum Gasteiger partial charge on any atom is -0.493 e. The average molecular weight is 238 g/mol. The smallest absolute Gasteiger partial charge is 0.119 e. The third-order valence-corrected chi connectivity index (χ3v) is 2.33. The zero-order valence-electron chi connectivity index (χ0n) is 10.8. The van der Waals surface area contributed by atoms with Gasteiger partial charge in [0, 0.05) is 6.42 Å². The minimum atomic E-state index is -0.456. The third-order valence-electron chi connectivity index (χ3n) is 2.33. The van der Waals surface area contributed by atoms with Crippen LogP contribution in [0.3, 0.4) is 0 Å². The van der Waals surface area contributed by atoms with E-state index in [9.17, 15) is 5.11 Å². The molecule has 1 N–H and O–H groups in total. The van der Waals surface area contributed by atoms with E-state index in [-0.39, 0.29) is 6.10 Å². The summed E-state index contributed by atoms with van der Waals surface area (Å²) in [5.74, 6) is 0.849. The fourth-order valence-corrected chi connectivity index (χ4v) is 1.40. The Bertz CT molecular complexity index is 323. The largest absolute Gasteiger partial charge is 0.493 e. The highest BCUT2D eigenvalue weighted by atomic mass is 16.5. The van der Waals surface area contributed by atoms with Gasteiger partial charge in [-0.2, -0.15) is 0 Å². The van der Waals surface area contributed by atoms with Gasteiger partial charge in [0.15, 0.2) is 0 Å². The third kappa shape index (κ3) is 6.29. The van der Waals surface area contributed by atoms with E-state index in [2.05, 4.69) is 0 Å². The van der Waals surface area contributed by atoms with E-state index in [0.29, 0.717) is 19.6 Å². The summed E-state index contributed by atoms with van der Waals surface area (Å²) < 4.78 is 10.9. The standard InChI is InChI=1S/C14H22O3/c1-11(2)17-10-13(15)7-8-16-14-6-4-5-12(3)9-14/h4-6,9,11,13,15H,7-8,10H2,1-3H3. The molecule has 1 atom stereocenters. The van der Waals surface area contributed by atoms with E-state index >= 15 is 0 Å². The molecule has 3 heteroatoms. The summed E-state index contributed by atoms with van der Waals surface area (Å²) in [6, 6.07) is 7.89. The predicted octanol–water partition coefficient (Wildman–Crippen LogP) is 2.55. The van der Waals surface area contributed by atoms with E-state index in [1.165, 1.54) is 5.56 Å². The Balaban J connectivity index is 2.19. The maximum absolute atomic E-state index is 9.63. The van der Waals surface area contributed by atoms with Crippen LogP contribution in [-0.2, 0) is 4.74 Å². The molecule has 0 bridgehead atoms. The van der Waals surface area contributed by atoms with Gasteiger partial charge in [0.05, 0.1) is 25.4 Å². The second-order valence-electron chi connectivity index (χ2n) is 4.49. The van der Waals surface area contributed by atoms with Crippen LogP contribution in [0.4, 0.5) is 0 Å². The molecule has 0 fully saturated rings. The molecule has 1 unspecified atom stereocenters. The number of benzene rings is 1. The van der Waals surface area contributed by atoms with Gasteiger partial charge in [-0.1, -0.05) is 12.1 Å². The molecule has 0 radical (unpaired) electrons. The zero-order chi connectivity index (χ0) is 12.7. The van der Waals surface area contributed by atoms with Gasteiger partial charge in [-0.3, -0.25) is 0 Å². The van der Waals surface area contributed by atoms with Crippen molar-refractivity contribution in [2.75, 3.05) is 13.2 Å². The van der Waals surface area contributed by atoms with Crippen molar-refractivity contribution in [1.29, 1.82) is 0 Å². The first-order valence-electron chi connectivity index (χ1n) is 6.07. The Morgan fingerprint density at radius 3 is 2.71 bits per heavy atom. The molecule has 0 heterocycles. The highest BCUT2D eigenvalue weighted by Gasteiger charge is 2.06. The highest BCUT2D eigenvalue weighted by Crippen LogP contribution is 2.12. The van der Waals surface area contributed by atoms with Crippen LogP contribution in [0, 0.1) is 6.92 Å². The fourth-order valence-electron chi connectivity index (χ4n) is 1.40. The van der Waals surface area contributed by atoms with Gasteiger partial charge in [0.25, 0.3) is 0 Å². The lowest BCUT2D eigenvalue weighted by atomic mass is 10.2. The number of ether oxygens (including phenoxy) is 2. The van der Waals surface area contributed by atoms with Crippen molar-refractivity contribution in [3.05, 3.63) is 29.8 Å². The molecule has 3 nitrogen and oxygen atoms in total. The SMILES string of the molecule is Cc1cccc(OCCC(O)COC(C)C)c1. The van der Waals surface area contributed by atoms with Crippen molar-refractivity contribution in [2.24, 2.45) is 0 Å². The van der Waals surface area contributed by atoms with Gasteiger partial charge in [-0.15, -0.1) is 0 Å². The lowest BCUT2D eigenvalue weighted by molar-refractivity contribution is -0.00191. The number of aliphatic hydroxyl groups is 1. The summed E-state index contributed by atoms with van der Waals surface area (Å²) in [6.07, 6.45) is 0.283. The summed E-state index contributed by atoms with van der Waals surface area (Å²) in [5, 5.41) is 9.63. The van der Waals surface area contributed by atoms with E-state index < -0.39 is 6.10 Å². The molecule has 0 amide bonds. The number of hydrogen-bond acceptors (Lipinski definition) is 3. The summed E-state index contributed by atoms with van der Waals surface area (Å²) in [5.41, 5.74) is 1.17. The van der Waals surface area contributed by atoms with E-state index in [4.69, 9.17) is 9.47 Å². The Morgan fingerprint density at radius 2 is 2.06 bits per heavy atom. The summed E-state index contributed by atoms with van der Waals surface area (Å²) in [7, 11) is 0. The van der Waals surface area contributed by atoms with Gasteiger partial charge >= 0.3 is 0 Å². The summed E-state index contributed by atoms with van der Waals surface area (Å²) in [4.78, 5) is 0. The molecule has 1 aromatic rings. The summed E-state index contributed by atoms with van der Waals surface area (Å²) >= 11 is 0. The van der Waals surface area contributed by atoms with Crippen molar-refractivity contribution in [3.8, 4) is 5.75 Å². The first-order chi connectivity index (χ1) is 8.08. The van der Waals surface area contributed by atoms with E-state index in [1.807, 2.05) is 45.0 Å². The van der Waals surface area contributed by atoms with Crippen molar-refractivity contribution < 1.29 is 14.6 Å². The first-order valence-corrected chi connectivity index (χ1v) is 6.07. The predicted molar refractivity (Wildman–Crippen MR) is 68.4 cm³/mol. The van der Waals surface area contributed by atoms with Crippen molar-refractivity contribution in [1.82, 2.24) is 0 Å². The molecule has 0 aliphatic rings. The quantitative estimate of drug-likeness (QED) is 0.793. The van der Waals surface area contributed by atoms with Crippen molar-refractivity contribution in [3.63, 3.8) is 0 Å². The van der Waals surface area contributed by atoms with Gasteiger partial charge in [0.1, 0.15) is 5.75 Å². The molecule has 96 valence electrons. The molecule has 1 rings (SSSR count). The maximum Gasteiger partial charge on any atom is 0.119 e. The van der Waals surface area contributed by atoms with E-state index in [0.717, 1.165) is 5.75 Å². The van der Waals surface area contributed by atoms with Gasteiger partial charge in [0.2, 0.25) is 0 Å². The van der Waals surface area contributed by atoms with Gasteiger partial charge in [-0.05, 0) is 38.5 Å². The maximum atomic E-state index is 9.63. The van der Waals surface area contributed by atoms with E-state index in [1.54, 1.807) is 0 Å². The Kier molecular flexibility index (Phi) is 6.01. The zero-order valence-corrected chi connectivity index (χ0v) is 10.8. The molecule has 0 aliphatic heterocycles. The normalized spacial score (nSPS) is 12.8. The molecule has 0 saturated carbocycles. The van der Waals surface area contributed by atoms with Crippen LogP contribution in [0.2, 0.25) is 0 Å². The molecule has 0 aromatic heterocycles. The minimum absolute atomic E-state index is 0.155. The fraction of sp³-hybridized carbons (Fsp3) is 0.571. The van der Waals surface area contributed by atoms with Crippen LogP contribution >= 0.6 is 0 Å². The number of hydrogen-bond donors (Lipinski definition) is 1. The van der Waals surface area contributed by atoms with Crippen molar-refractivity contribution >= 4 is 0 Å². The van der Waals surface area contributed by atoms with Crippen LogP contribution in [0.1, 0.15) is 25.8 Å². The van der Waals surface area contributed by atoms with Crippen LogP contribution in [-0.4, -0.2) is 30.5 Å². The van der Waals surface area contributed by atoms with Crippen LogP contribution in [0.25, 0.3) is 0 Å². The molecule has 0 saturated heterocycles. The lowest BCUT2D eigenvalue weighted by Crippen LogP contribution is -2.20. The highest BCUT2D eigenvalue weighted by molar-refractivity contribution is 5.27. The molecule has 17 heavy (non-hydrogen) atoms. The van der Waals surface area contributed by atoms with Gasteiger partial charge in [-0.25, -0.2) is 0 Å².